The maximum atomic E-state index is 13.3. The standard InChI is InChI=1S/C25H40N6O2/c1-25(2,3)27-24(33)30-13-9-21(10-14-30)31-12-6-7-20(19-31)23(32)29-17-15-28(16-18-29)22-8-4-5-11-26-22/h4-5,8,11,20-21H,6-7,9-10,12-19H2,1-3H3,(H,27,33). The number of nitrogens with zero attached hydrogens (tertiary/aromatic N) is 5. The molecule has 33 heavy (non-hydrogen) atoms. The zero-order valence-electron chi connectivity index (χ0n) is 20.5. The fourth-order valence-corrected chi connectivity index (χ4v) is 5.33. The van der Waals surface area contributed by atoms with Crippen molar-refractivity contribution in [1.29, 1.82) is 0 Å². The first kappa shape index (κ1) is 23.8. The lowest BCUT2D eigenvalue weighted by atomic mass is 9.92. The van der Waals surface area contributed by atoms with Crippen molar-refractivity contribution in [3.05, 3.63) is 24.4 Å². The number of aromatic nitrogens is 1. The van der Waals surface area contributed by atoms with E-state index in [2.05, 4.69) is 25.0 Å². The minimum Gasteiger partial charge on any atom is -0.353 e. The molecular weight excluding hydrogens is 416 g/mol. The van der Waals surface area contributed by atoms with E-state index in [0.29, 0.717) is 11.9 Å². The molecule has 1 N–H and O–H groups in total. The Morgan fingerprint density at radius 3 is 2.30 bits per heavy atom. The van der Waals surface area contributed by atoms with E-state index in [9.17, 15) is 9.59 Å². The zero-order valence-corrected chi connectivity index (χ0v) is 20.5. The van der Waals surface area contributed by atoms with Crippen molar-refractivity contribution in [2.75, 3.05) is 57.3 Å². The summed E-state index contributed by atoms with van der Waals surface area (Å²) in [6, 6.07) is 6.49. The van der Waals surface area contributed by atoms with Gasteiger partial charge in [-0.25, -0.2) is 9.78 Å². The Bertz CT molecular complexity index is 795. The van der Waals surface area contributed by atoms with Crippen molar-refractivity contribution < 1.29 is 9.59 Å². The summed E-state index contributed by atoms with van der Waals surface area (Å²) in [5.74, 6) is 1.42. The second-order valence-electron chi connectivity index (χ2n) is 10.7. The number of hydrogen-bond acceptors (Lipinski definition) is 5. The second kappa shape index (κ2) is 10.3. The highest BCUT2D eigenvalue weighted by Crippen LogP contribution is 2.26. The molecule has 3 amide bonds. The van der Waals surface area contributed by atoms with Crippen LogP contribution in [0.2, 0.25) is 0 Å². The molecule has 0 aliphatic carbocycles. The van der Waals surface area contributed by atoms with Crippen LogP contribution in [-0.2, 0) is 4.79 Å². The molecule has 0 aromatic carbocycles. The van der Waals surface area contributed by atoms with Gasteiger partial charge < -0.3 is 20.0 Å². The third kappa shape index (κ3) is 6.16. The number of anilines is 1. The molecular formula is C25H40N6O2. The number of piperidine rings is 2. The van der Waals surface area contributed by atoms with Crippen LogP contribution in [-0.4, -0.2) is 95.6 Å². The average Bonchev–Trinajstić information content (AvgIpc) is 2.83. The molecule has 1 atom stereocenters. The molecule has 182 valence electrons. The van der Waals surface area contributed by atoms with Gasteiger partial charge in [0.25, 0.3) is 0 Å². The number of amides is 3. The second-order valence-corrected chi connectivity index (χ2v) is 10.7. The Labute approximate surface area is 198 Å². The van der Waals surface area contributed by atoms with E-state index >= 15 is 0 Å². The van der Waals surface area contributed by atoms with Gasteiger partial charge in [-0.3, -0.25) is 9.69 Å². The van der Waals surface area contributed by atoms with Crippen LogP contribution in [0.4, 0.5) is 10.6 Å². The summed E-state index contributed by atoms with van der Waals surface area (Å²) in [7, 11) is 0. The Morgan fingerprint density at radius 1 is 0.939 bits per heavy atom. The summed E-state index contributed by atoms with van der Waals surface area (Å²) in [6.45, 7) is 12.8. The van der Waals surface area contributed by atoms with Gasteiger partial charge in [-0.2, -0.15) is 0 Å². The van der Waals surface area contributed by atoms with Gasteiger partial charge in [0.2, 0.25) is 5.91 Å². The molecule has 0 radical (unpaired) electrons. The van der Waals surface area contributed by atoms with Crippen molar-refractivity contribution in [3.8, 4) is 0 Å². The number of urea groups is 1. The predicted octanol–water partition coefficient (Wildman–Crippen LogP) is 2.41. The van der Waals surface area contributed by atoms with Crippen LogP contribution in [0.5, 0.6) is 0 Å². The van der Waals surface area contributed by atoms with Gasteiger partial charge in [0.15, 0.2) is 0 Å². The fraction of sp³-hybridized carbons (Fsp3) is 0.720. The number of piperazine rings is 1. The highest BCUT2D eigenvalue weighted by molar-refractivity contribution is 5.79. The molecule has 3 saturated heterocycles. The van der Waals surface area contributed by atoms with Crippen LogP contribution in [0.3, 0.4) is 0 Å². The number of carbonyl (C=O) groups is 2. The molecule has 1 aromatic heterocycles. The first-order chi connectivity index (χ1) is 15.8. The van der Waals surface area contributed by atoms with Gasteiger partial charge in [-0.1, -0.05) is 6.07 Å². The third-order valence-electron chi connectivity index (χ3n) is 7.12. The number of likely N-dealkylation sites (tertiary alicyclic amines) is 2. The summed E-state index contributed by atoms with van der Waals surface area (Å²) in [6.07, 6.45) is 5.87. The van der Waals surface area contributed by atoms with E-state index in [4.69, 9.17) is 0 Å². The Hall–Kier alpha value is -2.35. The fourth-order valence-electron chi connectivity index (χ4n) is 5.33. The highest BCUT2D eigenvalue weighted by Gasteiger charge is 2.35. The third-order valence-corrected chi connectivity index (χ3v) is 7.12. The normalized spacial score (nSPS) is 23.5. The van der Waals surface area contributed by atoms with E-state index in [1.54, 1.807) is 0 Å². The maximum absolute atomic E-state index is 13.3. The summed E-state index contributed by atoms with van der Waals surface area (Å²) in [5, 5.41) is 3.07. The summed E-state index contributed by atoms with van der Waals surface area (Å²) < 4.78 is 0. The average molecular weight is 457 g/mol. The van der Waals surface area contributed by atoms with Gasteiger partial charge in [-0.15, -0.1) is 0 Å². The van der Waals surface area contributed by atoms with E-state index < -0.39 is 0 Å². The molecule has 8 heteroatoms. The van der Waals surface area contributed by atoms with Crippen molar-refractivity contribution in [3.63, 3.8) is 0 Å². The lowest BCUT2D eigenvalue weighted by Gasteiger charge is -2.43. The van der Waals surface area contributed by atoms with E-state index in [1.807, 2.05) is 50.1 Å². The SMILES string of the molecule is CC(C)(C)NC(=O)N1CCC(N2CCCC(C(=O)N3CCN(c4ccccn4)CC3)C2)CC1. The zero-order chi connectivity index (χ0) is 23.4. The van der Waals surface area contributed by atoms with Crippen LogP contribution >= 0.6 is 0 Å². The van der Waals surface area contributed by atoms with Crippen LogP contribution in [0, 0.1) is 5.92 Å². The highest BCUT2D eigenvalue weighted by atomic mass is 16.2. The molecule has 3 aliphatic heterocycles. The lowest BCUT2D eigenvalue weighted by Crippen LogP contribution is -2.56. The minimum absolute atomic E-state index is 0.0393. The molecule has 0 saturated carbocycles. The molecule has 0 spiro atoms. The van der Waals surface area contributed by atoms with Gasteiger partial charge in [0.05, 0.1) is 5.92 Å². The van der Waals surface area contributed by atoms with E-state index in [0.717, 1.165) is 83.9 Å². The Morgan fingerprint density at radius 2 is 1.67 bits per heavy atom. The van der Waals surface area contributed by atoms with Gasteiger partial charge in [0.1, 0.15) is 5.82 Å². The van der Waals surface area contributed by atoms with Crippen molar-refractivity contribution in [1.82, 2.24) is 25.0 Å². The predicted molar refractivity (Wildman–Crippen MR) is 130 cm³/mol. The molecule has 8 nitrogen and oxygen atoms in total. The first-order valence-electron chi connectivity index (χ1n) is 12.6. The van der Waals surface area contributed by atoms with Gasteiger partial charge >= 0.3 is 6.03 Å². The lowest BCUT2D eigenvalue weighted by molar-refractivity contribution is -0.138. The van der Waals surface area contributed by atoms with Crippen molar-refractivity contribution >= 4 is 17.8 Å². The molecule has 4 rings (SSSR count). The van der Waals surface area contributed by atoms with Crippen LogP contribution < -0.4 is 10.2 Å². The van der Waals surface area contributed by atoms with E-state index in [1.165, 1.54) is 0 Å². The molecule has 1 aromatic rings. The Kier molecular flexibility index (Phi) is 7.41. The number of hydrogen-bond donors (Lipinski definition) is 1. The van der Waals surface area contributed by atoms with Crippen molar-refractivity contribution in [2.24, 2.45) is 5.92 Å². The summed E-state index contributed by atoms with van der Waals surface area (Å²) in [5.41, 5.74) is -0.211. The Balaban J connectivity index is 1.24. The monoisotopic (exact) mass is 456 g/mol. The summed E-state index contributed by atoms with van der Waals surface area (Å²) in [4.78, 5) is 39.0. The van der Waals surface area contributed by atoms with Crippen LogP contribution in [0.25, 0.3) is 0 Å². The molecule has 1 unspecified atom stereocenters. The maximum Gasteiger partial charge on any atom is 0.317 e. The molecule has 3 fully saturated rings. The van der Waals surface area contributed by atoms with Gasteiger partial charge in [0, 0.05) is 63.6 Å². The molecule has 0 bridgehead atoms. The van der Waals surface area contributed by atoms with Gasteiger partial charge in [-0.05, 0) is 65.1 Å². The summed E-state index contributed by atoms with van der Waals surface area (Å²) >= 11 is 0. The number of rotatable bonds is 3. The molecule has 4 heterocycles. The largest absolute Gasteiger partial charge is 0.353 e. The first-order valence-corrected chi connectivity index (χ1v) is 12.6. The quantitative estimate of drug-likeness (QED) is 0.756. The van der Waals surface area contributed by atoms with Crippen LogP contribution in [0.1, 0.15) is 46.5 Å². The number of carbonyl (C=O) groups excluding carboxylic acids is 2. The smallest absolute Gasteiger partial charge is 0.317 e. The van der Waals surface area contributed by atoms with Crippen LogP contribution in [0.15, 0.2) is 24.4 Å². The topological polar surface area (TPSA) is 72.0 Å². The van der Waals surface area contributed by atoms with E-state index in [-0.39, 0.29) is 17.5 Å². The van der Waals surface area contributed by atoms with Crippen molar-refractivity contribution in [2.45, 2.75) is 58.0 Å². The number of pyridine rings is 1. The molecule has 3 aliphatic rings. The number of nitrogens with one attached hydrogen (secondary N) is 1. The minimum atomic E-state index is -0.211.